The molecule has 0 aliphatic rings. The first-order valence-corrected chi connectivity index (χ1v) is 19.4. The summed E-state index contributed by atoms with van der Waals surface area (Å²) in [7, 11) is -4.53. The first-order valence-electron chi connectivity index (χ1n) is 16.8. The molecule has 0 spiro atoms. The van der Waals surface area contributed by atoms with Crippen molar-refractivity contribution in [3.8, 4) is 0 Å². The number of hydrogen-bond donors (Lipinski definition) is 1. The van der Waals surface area contributed by atoms with Crippen molar-refractivity contribution in [2.45, 2.75) is 154 Å². The zero-order chi connectivity index (χ0) is 30.7. The molecule has 3 atom stereocenters. The van der Waals surface area contributed by atoms with E-state index in [1.165, 1.54) is 115 Å². The second-order valence-corrected chi connectivity index (χ2v) is 14.6. The molecule has 0 fully saturated rings. The Morgan fingerprint density at radius 3 is 1.95 bits per heavy atom. The number of rotatable bonds is 29. The minimum atomic E-state index is -4.53. The molecule has 6 nitrogen and oxygen atoms in total. The van der Waals surface area contributed by atoms with Crippen molar-refractivity contribution in [3.05, 3.63) is 35.9 Å². The topological polar surface area (TPSA) is 82.1 Å². The molecule has 1 aromatic carbocycles. The minimum Gasteiger partial charge on any atom is -0.452 e. The molecule has 0 aliphatic carbocycles. The van der Waals surface area contributed by atoms with E-state index in [1.807, 2.05) is 18.2 Å². The maximum Gasteiger partial charge on any atom is 0.435 e. The smallest absolute Gasteiger partial charge is 0.435 e. The highest BCUT2D eigenvalue weighted by atomic mass is 32.2. The Balaban J connectivity index is 2.29. The van der Waals surface area contributed by atoms with Gasteiger partial charge in [-0.05, 0) is 37.5 Å². The summed E-state index contributed by atoms with van der Waals surface area (Å²) in [5.41, 5.74) is -0.495. The Kier molecular flexibility index (Phi) is 24.8. The standard InChI is InChI=1S/C34H61O6PS/c1-4-6-8-10-12-13-14-15-17-22-28-42-33(25-21-16-11-9-7-5-2)26-27-38-31(3)29-40-41(36,37)34(35)39-30-32-23-19-18-20-24-32/h18-20,23-24,31,33H,4-17,21-22,25-30H2,1-3H3,(H,36,37). The average Bonchev–Trinajstić information content (AvgIpc) is 2.99. The van der Waals surface area contributed by atoms with Crippen LogP contribution in [0.1, 0.15) is 142 Å². The minimum absolute atomic E-state index is 0.0730. The summed E-state index contributed by atoms with van der Waals surface area (Å²) in [5.74, 6) is 1.20. The van der Waals surface area contributed by atoms with Crippen LogP contribution in [-0.2, 0) is 25.2 Å². The van der Waals surface area contributed by atoms with E-state index in [0.29, 0.717) is 11.9 Å². The first-order chi connectivity index (χ1) is 20.4. The van der Waals surface area contributed by atoms with Crippen molar-refractivity contribution in [1.29, 1.82) is 0 Å². The average molecular weight is 629 g/mol. The Hall–Kier alpha value is -0.850. The fraction of sp³-hybridized carbons (Fsp3) is 0.794. The molecule has 244 valence electrons. The second kappa shape index (κ2) is 26.5. The molecule has 0 aromatic heterocycles. The van der Waals surface area contributed by atoms with Crippen LogP contribution in [0.15, 0.2) is 30.3 Å². The van der Waals surface area contributed by atoms with Crippen LogP contribution in [0.5, 0.6) is 0 Å². The highest BCUT2D eigenvalue weighted by molar-refractivity contribution is 7.99. The van der Waals surface area contributed by atoms with Gasteiger partial charge in [0, 0.05) is 11.9 Å². The third kappa shape index (κ3) is 21.8. The predicted molar refractivity (Wildman–Crippen MR) is 179 cm³/mol. The number of carbonyl (C=O) groups excluding carboxylic acids is 1. The van der Waals surface area contributed by atoms with Crippen LogP contribution in [0.25, 0.3) is 0 Å². The summed E-state index contributed by atoms with van der Waals surface area (Å²) < 4.78 is 28.3. The van der Waals surface area contributed by atoms with Gasteiger partial charge in [0.25, 0.3) is 0 Å². The molecule has 0 saturated heterocycles. The van der Waals surface area contributed by atoms with E-state index in [4.69, 9.17) is 14.0 Å². The molecule has 3 unspecified atom stereocenters. The SMILES string of the molecule is CCCCCCCCCCCCSC(CCCCCCCC)CCOC(C)COP(=O)(O)C(=O)OCc1ccccc1. The van der Waals surface area contributed by atoms with Crippen molar-refractivity contribution in [3.63, 3.8) is 0 Å². The van der Waals surface area contributed by atoms with Gasteiger partial charge < -0.3 is 14.4 Å². The number of thioether (sulfide) groups is 1. The van der Waals surface area contributed by atoms with E-state index < -0.39 is 19.4 Å². The van der Waals surface area contributed by atoms with Crippen LogP contribution in [-0.4, -0.2) is 40.9 Å². The van der Waals surface area contributed by atoms with Crippen molar-refractivity contribution in [1.82, 2.24) is 0 Å². The maximum atomic E-state index is 12.3. The summed E-state index contributed by atoms with van der Waals surface area (Å²) in [5, 5.41) is 0.569. The largest absolute Gasteiger partial charge is 0.452 e. The molecule has 8 heteroatoms. The summed E-state index contributed by atoms with van der Waals surface area (Å²) in [4.78, 5) is 22.1. The highest BCUT2D eigenvalue weighted by Gasteiger charge is 2.33. The van der Waals surface area contributed by atoms with Crippen LogP contribution in [0, 0.1) is 0 Å². The Labute approximate surface area is 262 Å². The lowest BCUT2D eigenvalue weighted by Gasteiger charge is -2.19. The lowest BCUT2D eigenvalue weighted by molar-refractivity contribution is 0.0274. The fourth-order valence-electron chi connectivity index (χ4n) is 4.81. The molecule has 1 aromatic rings. The zero-order valence-electron chi connectivity index (χ0n) is 26.9. The van der Waals surface area contributed by atoms with E-state index in [2.05, 4.69) is 25.6 Å². The van der Waals surface area contributed by atoms with Crippen LogP contribution in [0.2, 0.25) is 0 Å². The van der Waals surface area contributed by atoms with Crippen LogP contribution >= 0.6 is 19.4 Å². The molecule has 1 N–H and O–H groups in total. The lowest BCUT2D eigenvalue weighted by Crippen LogP contribution is -2.19. The van der Waals surface area contributed by atoms with Crippen molar-refractivity contribution >= 4 is 25.1 Å². The monoisotopic (exact) mass is 628 g/mol. The first kappa shape index (κ1) is 39.2. The van der Waals surface area contributed by atoms with E-state index in [0.717, 1.165) is 12.0 Å². The Morgan fingerprint density at radius 1 is 0.810 bits per heavy atom. The molecule has 0 bridgehead atoms. The van der Waals surface area contributed by atoms with Gasteiger partial charge >= 0.3 is 13.3 Å². The molecule has 0 amide bonds. The maximum absolute atomic E-state index is 12.3. The summed E-state index contributed by atoms with van der Waals surface area (Å²) in [6.45, 7) is 6.69. The lowest BCUT2D eigenvalue weighted by atomic mass is 10.1. The van der Waals surface area contributed by atoms with Crippen molar-refractivity contribution in [2.75, 3.05) is 19.0 Å². The number of benzene rings is 1. The molecular formula is C34H61O6PS. The zero-order valence-corrected chi connectivity index (χ0v) is 28.7. The summed E-state index contributed by atoms with van der Waals surface area (Å²) in [6.07, 6.45) is 23.2. The van der Waals surface area contributed by atoms with Crippen molar-refractivity contribution in [2.24, 2.45) is 0 Å². The van der Waals surface area contributed by atoms with Crippen LogP contribution < -0.4 is 0 Å². The van der Waals surface area contributed by atoms with E-state index in [9.17, 15) is 14.3 Å². The quantitative estimate of drug-likeness (QED) is 0.0698. The molecule has 0 radical (unpaired) electrons. The number of unbranched alkanes of at least 4 members (excludes halogenated alkanes) is 14. The normalized spacial score (nSPS) is 14.4. The van der Waals surface area contributed by atoms with E-state index >= 15 is 0 Å². The van der Waals surface area contributed by atoms with Gasteiger partial charge in [-0.15, -0.1) is 0 Å². The molecule has 0 saturated carbocycles. The van der Waals surface area contributed by atoms with Gasteiger partial charge in [-0.3, -0.25) is 4.52 Å². The van der Waals surface area contributed by atoms with Gasteiger partial charge in [0.2, 0.25) is 0 Å². The fourth-order valence-corrected chi connectivity index (χ4v) is 6.86. The molecule has 0 heterocycles. The third-order valence-corrected chi connectivity index (χ3v) is 10.1. The number of hydrogen-bond acceptors (Lipinski definition) is 6. The summed E-state index contributed by atoms with van der Waals surface area (Å²) >= 11 is 2.09. The van der Waals surface area contributed by atoms with Gasteiger partial charge in [-0.2, -0.15) is 11.8 Å². The molecule has 0 aliphatic heterocycles. The molecular weight excluding hydrogens is 567 g/mol. The Bertz CT molecular complexity index is 808. The van der Waals surface area contributed by atoms with Crippen LogP contribution in [0.4, 0.5) is 4.79 Å². The highest BCUT2D eigenvalue weighted by Crippen LogP contribution is 2.44. The van der Waals surface area contributed by atoms with Gasteiger partial charge in [0.05, 0.1) is 12.7 Å². The van der Waals surface area contributed by atoms with E-state index in [-0.39, 0.29) is 13.2 Å². The van der Waals surface area contributed by atoms with Crippen LogP contribution in [0.3, 0.4) is 0 Å². The Morgan fingerprint density at radius 2 is 1.36 bits per heavy atom. The predicted octanol–water partition coefficient (Wildman–Crippen LogP) is 11.1. The number of carbonyl (C=O) groups is 1. The van der Waals surface area contributed by atoms with Crippen molar-refractivity contribution < 1.29 is 28.3 Å². The van der Waals surface area contributed by atoms with Gasteiger partial charge in [-0.1, -0.05) is 140 Å². The summed E-state index contributed by atoms with van der Waals surface area (Å²) in [6, 6.07) is 9.03. The third-order valence-electron chi connectivity index (χ3n) is 7.49. The van der Waals surface area contributed by atoms with E-state index in [1.54, 1.807) is 19.1 Å². The number of ether oxygens (including phenoxy) is 2. The second-order valence-electron chi connectivity index (χ2n) is 11.6. The van der Waals surface area contributed by atoms with Gasteiger partial charge in [0.15, 0.2) is 0 Å². The molecule has 42 heavy (non-hydrogen) atoms. The van der Waals surface area contributed by atoms with Gasteiger partial charge in [-0.25, -0.2) is 9.36 Å². The molecule has 1 rings (SSSR count). The van der Waals surface area contributed by atoms with Gasteiger partial charge in [0.1, 0.15) is 6.61 Å².